The average Bonchev–Trinajstić information content (AvgIpc) is 3.44. The number of nitrogens with one attached hydrogen (secondary N) is 1. The standard InChI is InChI=1S/C22H19FN2O4/c1-29-21-14(13-5-2-11-8-24-9-16(11)18(13)23)6-7-15-19(21)25(12-3-4-12)10-17(20(15)26)22(27)28/h2,5-7,10,12,24H,3-4,8-9H2,1H3,(H,27,28). The number of fused-ring (bicyclic) bond motifs is 2. The Morgan fingerprint density at radius 3 is 2.66 bits per heavy atom. The number of aromatic nitrogens is 1. The van der Waals surface area contributed by atoms with Crippen LogP contribution in [0.3, 0.4) is 0 Å². The number of carbonyl (C=O) groups is 1. The van der Waals surface area contributed by atoms with E-state index in [9.17, 15) is 14.7 Å². The van der Waals surface area contributed by atoms with E-state index < -0.39 is 11.4 Å². The lowest BCUT2D eigenvalue weighted by molar-refractivity contribution is 0.0695. The number of benzene rings is 2. The third-order valence-electron chi connectivity index (χ3n) is 5.77. The second kappa shape index (κ2) is 6.42. The van der Waals surface area contributed by atoms with Crippen LogP contribution < -0.4 is 15.5 Å². The molecule has 1 saturated carbocycles. The van der Waals surface area contributed by atoms with Crippen LogP contribution in [0, 0.1) is 5.82 Å². The van der Waals surface area contributed by atoms with Crippen molar-refractivity contribution in [1.29, 1.82) is 0 Å². The molecule has 1 aliphatic heterocycles. The Morgan fingerprint density at radius 1 is 1.21 bits per heavy atom. The van der Waals surface area contributed by atoms with Crippen LogP contribution in [-0.2, 0) is 13.1 Å². The van der Waals surface area contributed by atoms with Gasteiger partial charge in [0.1, 0.15) is 11.4 Å². The number of ether oxygens (including phenoxy) is 1. The molecule has 7 heteroatoms. The zero-order chi connectivity index (χ0) is 20.3. The van der Waals surface area contributed by atoms with Crippen molar-refractivity contribution >= 4 is 16.9 Å². The van der Waals surface area contributed by atoms with Crippen molar-refractivity contribution in [2.45, 2.75) is 32.0 Å². The zero-order valence-corrected chi connectivity index (χ0v) is 15.8. The number of pyridine rings is 1. The molecule has 2 heterocycles. The molecule has 1 aliphatic carbocycles. The summed E-state index contributed by atoms with van der Waals surface area (Å²) >= 11 is 0. The summed E-state index contributed by atoms with van der Waals surface area (Å²) in [6.45, 7) is 1.11. The molecule has 2 N–H and O–H groups in total. The zero-order valence-electron chi connectivity index (χ0n) is 15.8. The van der Waals surface area contributed by atoms with Gasteiger partial charge in [0.05, 0.1) is 18.0 Å². The normalized spacial score (nSPS) is 15.5. The van der Waals surface area contributed by atoms with E-state index in [-0.39, 0.29) is 22.8 Å². The lowest BCUT2D eigenvalue weighted by Crippen LogP contribution is -2.19. The molecule has 0 spiro atoms. The molecule has 29 heavy (non-hydrogen) atoms. The molecule has 2 aliphatic rings. The van der Waals surface area contributed by atoms with Gasteiger partial charge in [0.15, 0.2) is 5.75 Å². The number of halogens is 1. The van der Waals surface area contributed by atoms with Crippen molar-refractivity contribution in [2.75, 3.05) is 7.11 Å². The summed E-state index contributed by atoms with van der Waals surface area (Å²) in [7, 11) is 1.48. The summed E-state index contributed by atoms with van der Waals surface area (Å²) in [5.41, 5.74) is 2.22. The number of carboxylic acids is 1. The van der Waals surface area contributed by atoms with Crippen molar-refractivity contribution in [1.82, 2.24) is 9.88 Å². The maximum absolute atomic E-state index is 15.3. The third-order valence-corrected chi connectivity index (χ3v) is 5.77. The smallest absolute Gasteiger partial charge is 0.341 e. The van der Waals surface area contributed by atoms with Gasteiger partial charge in [-0.15, -0.1) is 0 Å². The minimum absolute atomic E-state index is 0.106. The van der Waals surface area contributed by atoms with Crippen molar-refractivity contribution in [3.63, 3.8) is 0 Å². The largest absolute Gasteiger partial charge is 0.494 e. The number of hydrogen-bond donors (Lipinski definition) is 2. The van der Waals surface area contributed by atoms with Gasteiger partial charge >= 0.3 is 5.97 Å². The first kappa shape index (κ1) is 17.9. The highest BCUT2D eigenvalue weighted by Gasteiger charge is 2.30. The summed E-state index contributed by atoms with van der Waals surface area (Å²) in [4.78, 5) is 24.3. The summed E-state index contributed by atoms with van der Waals surface area (Å²) in [6.07, 6.45) is 3.17. The summed E-state index contributed by atoms with van der Waals surface area (Å²) in [6, 6.07) is 6.95. The predicted molar refractivity (Wildman–Crippen MR) is 106 cm³/mol. The lowest BCUT2D eigenvalue weighted by Gasteiger charge is -2.18. The Bertz CT molecular complexity index is 1240. The summed E-state index contributed by atoms with van der Waals surface area (Å²) in [5, 5.41) is 12.9. The maximum Gasteiger partial charge on any atom is 0.341 e. The summed E-state index contributed by atoms with van der Waals surface area (Å²) in [5.74, 6) is -1.17. The van der Waals surface area contributed by atoms with Crippen molar-refractivity contribution < 1.29 is 19.0 Å². The van der Waals surface area contributed by atoms with Gasteiger partial charge in [-0.1, -0.05) is 12.1 Å². The van der Waals surface area contributed by atoms with Gasteiger partial charge in [-0.3, -0.25) is 4.79 Å². The highest BCUT2D eigenvalue weighted by Crippen LogP contribution is 2.43. The molecule has 2 aromatic carbocycles. The SMILES string of the molecule is COc1c(-c2ccc3c(c2F)CNC3)ccc2c(=O)c(C(=O)O)cn(C3CC3)c12. The van der Waals surface area contributed by atoms with Gasteiger partial charge in [-0.05, 0) is 30.5 Å². The first-order chi connectivity index (χ1) is 14.0. The molecule has 5 rings (SSSR count). The molecule has 1 fully saturated rings. The van der Waals surface area contributed by atoms with Crippen LogP contribution in [0.4, 0.5) is 4.39 Å². The fraction of sp³-hybridized carbons (Fsp3) is 0.273. The van der Waals surface area contributed by atoms with Crippen LogP contribution in [0.25, 0.3) is 22.0 Å². The highest BCUT2D eigenvalue weighted by atomic mass is 19.1. The van der Waals surface area contributed by atoms with Crippen LogP contribution in [0.2, 0.25) is 0 Å². The van der Waals surface area contributed by atoms with Crippen LogP contribution in [0.5, 0.6) is 5.75 Å². The van der Waals surface area contributed by atoms with Crippen LogP contribution in [0.15, 0.2) is 35.3 Å². The van der Waals surface area contributed by atoms with E-state index in [0.717, 1.165) is 18.4 Å². The Labute approximate surface area is 165 Å². The van der Waals surface area contributed by atoms with Crippen LogP contribution >= 0.6 is 0 Å². The molecule has 0 bridgehead atoms. The second-order valence-electron chi connectivity index (χ2n) is 7.53. The minimum atomic E-state index is -1.26. The van der Waals surface area contributed by atoms with Crippen molar-refractivity contribution in [2.24, 2.45) is 0 Å². The molecular formula is C22H19FN2O4. The van der Waals surface area contributed by atoms with Gasteiger partial charge in [-0.2, -0.15) is 0 Å². The fourth-order valence-corrected chi connectivity index (χ4v) is 4.18. The second-order valence-corrected chi connectivity index (χ2v) is 7.53. The van der Waals surface area contributed by atoms with Crippen LogP contribution in [-0.4, -0.2) is 22.8 Å². The number of methoxy groups -OCH3 is 1. The van der Waals surface area contributed by atoms with Gasteiger partial charge in [0.2, 0.25) is 5.43 Å². The number of rotatable bonds is 4. The average molecular weight is 394 g/mol. The van der Waals surface area contributed by atoms with E-state index >= 15 is 4.39 Å². The molecule has 0 atom stereocenters. The molecule has 0 amide bonds. The van der Waals surface area contributed by atoms with Gasteiger partial charge in [0.25, 0.3) is 0 Å². The summed E-state index contributed by atoms with van der Waals surface area (Å²) < 4.78 is 22.7. The Morgan fingerprint density at radius 2 is 1.97 bits per heavy atom. The quantitative estimate of drug-likeness (QED) is 0.709. The molecule has 3 aromatic rings. The van der Waals surface area contributed by atoms with E-state index in [1.165, 1.54) is 13.3 Å². The maximum atomic E-state index is 15.3. The van der Waals surface area contributed by atoms with Gasteiger partial charge in [-0.25, -0.2) is 9.18 Å². The predicted octanol–water partition coefficient (Wildman–Crippen LogP) is 3.45. The number of carboxylic acid groups (broad SMARTS) is 1. The molecular weight excluding hydrogens is 375 g/mol. The Balaban J connectivity index is 1.84. The first-order valence-corrected chi connectivity index (χ1v) is 9.51. The molecule has 1 aromatic heterocycles. The van der Waals surface area contributed by atoms with E-state index in [1.54, 1.807) is 22.8 Å². The topological polar surface area (TPSA) is 80.6 Å². The van der Waals surface area contributed by atoms with Gasteiger partial charge < -0.3 is 19.7 Å². The number of hydrogen-bond acceptors (Lipinski definition) is 4. The number of aromatic carboxylic acids is 1. The first-order valence-electron chi connectivity index (χ1n) is 9.51. The molecule has 6 nitrogen and oxygen atoms in total. The molecule has 0 unspecified atom stereocenters. The van der Waals surface area contributed by atoms with E-state index in [1.807, 2.05) is 6.07 Å². The molecule has 0 saturated heterocycles. The third kappa shape index (κ3) is 2.65. The molecule has 148 valence electrons. The fourth-order valence-electron chi connectivity index (χ4n) is 4.18. The van der Waals surface area contributed by atoms with Crippen LogP contribution in [0.1, 0.15) is 40.4 Å². The Hall–Kier alpha value is -3.19. The lowest BCUT2D eigenvalue weighted by atomic mass is 9.96. The van der Waals surface area contributed by atoms with Gasteiger partial charge in [0, 0.05) is 42.0 Å². The molecule has 0 radical (unpaired) electrons. The number of nitrogens with zero attached hydrogens (tertiary/aromatic N) is 1. The van der Waals surface area contributed by atoms with Crippen molar-refractivity contribution in [3.8, 4) is 16.9 Å². The van der Waals surface area contributed by atoms with E-state index in [0.29, 0.717) is 41.0 Å². The van der Waals surface area contributed by atoms with E-state index in [4.69, 9.17) is 4.74 Å². The highest BCUT2D eigenvalue weighted by molar-refractivity contribution is 5.97. The van der Waals surface area contributed by atoms with Crippen molar-refractivity contribution in [3.05, 3.63) is 63.2 Å². The van der Waals surface area contributed by atoms with E-state index in [2.05, 4.69) is 5.32 Å². The Kier molecular flexibility index (Phi) is 3.96. The minimum Gasteiger partial charge on any atom is -0.494 e. The monoisotopic (exact) mass is 394 g/mol.